The molecule has 0 radical (unpaired) electrons. The van der Waals surface area contributed by atoms with E-state index in [9.17, 15) is 0 Å². The van der Waals surface area contributed by atoms with Crippen molar-refractivity contribution in [2.24, 2.45) is 0 Å². The van der Waals surface area contributed by atoms with Crippen molar-refractivity contribution < 1.29 is 28.8 Å². The van der Waals surface area contributed by atoms with Gasteiger partial charge < -0.3 is 28.8 Å². The third-order valence-electron chi connectivity index (χ3n) is 3.66. The molecule has 19 heavy (non-hydrogen) atoms. The van der Waals surface area contributed by atoms with Crippen LogP contribution in [0.2, 0.25) is 0 Å². The molecule has 0 saturated carbocycles. The lowest BCUT2D eigenvalue weighted by molar-refractivity contribution is -0.236. The van der Waals surface area contributed by atoms with Gasteiger partial charge in [0.25, 0.3) is 0 Å². The molecule has 0 unspecified atom stereocenters. The molecule has 3 aliphatic rings. The summed E-state index contributed by atoms with van der Waals surface area (Å²) in [5.41, 5.74) is 0. The Morgan fingerprint density at radius 3 is 2.11 bits per heavy atom. The fourth-order valence-corrected chi connectivity index (χ4v) is 3.05. The van der Waals surface area contributed by atoms with E-state index in [-0.39, 0.29) is 31.0 Å². The monoisotopic (exact) mass is 274 g/mol. The van der Waals surface area contributed by atoms with E-state index in [4.69, 9.17) is 28.8 Å². The largest absolute Gasteiger partial charge is 0.396 e. The number of hydrogen-bond acceptors (Lipinski definition) is 6. The number of hydrogen-bond donors (Lipinski definition) is 1. The number of fused-ring (bicyclic) bond motifs is 3. The summed E-state index contributed by atoms with van der Waals surface area (Å²) in [5.74, 6) is -1.36. The maximum atomic E-state index is 9.16. The zero-order valence-corrected chi connectivity index (χ0v) is 11.8. The van der Waals surface area contributed by atoms with Crippen LogP contribution < -0.4 is 0 Å². The van der Waals surface area contributed by atoms with Crippen LogP contribution >= 0.6 is 0 Å². The van der Waals surface area contributed by atoms with E-state index in [0.29, 0.717) is 6.42 Å². The van der Waals surface area contributed by atoms with Crippen LogP contribution in [0.3, 0.4) is 0 Å². The first-order chi connectivity index (χ1) is 8.81. The standard InChI is InChI=1S/C13H22O6/c1-12(2)16-8-7(5-6-14)15-11-10(9(8)17-12)18-13(3,4)19-11/h7-11,14H,5-6H2,1-4H3/t7-,8+,9+,10-,11-/m1/s1. The molecule has 6 nitrogen and oxygen atoms in total. The first-order valence-corrected chi connectivity index (χ1v) is 6.79. The molecule has 0 amide bonds. The molecule has 0 aliphatic carbocycles. The lowest BCUT2D eigenvalue weighted by Crippen LogP contribution is -2.55. The van der Waals surface area contributed by atoms with Crippen LogP contribution in [0, 0.1) is 0 Å². The normalized spacial score (nSPS) is 46.9. The molecule has 3 heterocycles. The molecule has 3 fully saturated rings. The molecule has 0 bridgehead atoms. The van der Waals surface area contributed by atoms with Gasteiger partial charge in [0, 0.05) is 6.61 Å². The lowest BCUT2D eigenvalue weighted by Gasteiger charge is -2.37. The van der Waals surface area contributed by atoms with Crippen molar-refractivity contribution in [2.45, 2.75) is 76.4 Å². The number of rotatable bonds is 2. The first-order valence-electron chi connectivity index (χ1n) is 6.79. The maximum Gasteiger partial charge on any atom is 0.190 e. The van der Waals surface area contributed by atoms with Gasteiger partial charge in [0.15, 0.2) is 17.9 Å². The second kappa shape index (κ2) is 4.38. The number of aliphatic hydroxyl groups excluding tert-OH is 1. The molecule has 5 atom stereocenters. The Morgan fingerprint density at radius 1 is 0.842 bits per heavy atom. The predicted molar refractivity (Wildman–Crippen MR) is 64.2 cm³/mol. The van der Waals surface area contributed by atoms with Gasteiger partial charge in [0.2, 0.25) is 0 Å². The second-order valence-corrected chi connectivity index (χ2v) is 6.22. The Bertz CT molecular complexity index is 355. The molecule has 1 N–H and O–H groups in total. The molecule has 3 aliphatic heterocycles. The van der Waals surface area contributed by atoms with Crippen molar-refractivity contribution >= 4 is 0 Å². The minimum atomic E-state index is -0.690. The predicted octanol–water partition coefficient (Wildman–Crippen LogP) is 0.765. The van der Waals surface area contributed by atoms with Crippen molar-refractivity contribution in [3.05, 3.63) is 0 Å². The Labute approximate surface area is 112 Å². The van der Waals surface area contributed by atoms with E-state index in [0.717, 1.165) is 0 Å². The molecule has 0 aromatic heterocycles. The molecule has 0 spiro atoms. The van der Waals surface area contributed by atoms with Crippen LogP contribution in [0.5, 0.6) is 0 Å². The minimum absolute atomic E-state index is 0.0410. The van der Waals surface area contributed by atoms with Crippen molar-refractivity contribution in [3.8, 4) is 0 Å². The van der Waals surface area contributed by atoms with Crippen molar-refractivity contribution in [1.29, 1.82) is 0 Å². The maximum absolute atomic E-state index is 9.16. The smallest absolute Gasteiger partial charge is 0.190 e. The highest BCUT2D eigenvalue weighted by Crippen LogP contribution is 2.44. The summed E-state index contributed by atoms with van der Waals surface area (Å²) in [4.78, 5) is 0. The van der Waals surface area contributed by atoms with Crippen LogP contribution in [0.15, 0.2) is 0 Å². The van der Waals surface area contributed by atoms with Crippen LogP contribution in [-0.4, -0.2) is 54.0 Å². The molecule has 0 aromatic carbocycles. The highest BCUT2D eigenvalue weighted by atomic mass is 16.9. The summed E-state index contributed by atoms with van der Waals surface area (Å²) in [6.07, 6.45) is -0.973. The summed E-state index contributed by atoms with van der Waals surface area (Å²) >= 11 is 0. The fraction of sp³-hybridized carbons (Fsp3) is 1.00. The summed E-state index contributed by atoms with van der Waals surface area (Å²) in [5, 5.41) is 9.16. The summed E-state index contributed by atoms with van der Waals surface area (Å²) < 4.78 is 29.3. The van der Waals surface area contributed by atoms with E-state index in [2.05, 4.69) is 0 Å². The topological polar surface area (TPSA) is 66.4 Å². The number of aliphatic hydroxyl groups is 1. The SMILES string of the molecule is CC1(C)O[C@H]2[C@@H](O1)[C@@H](CCO)O[C@@H]1OC(C)(C)O[C@@H]12. The Morgan fingerprint density at radius 2 is 1.42 bits per heavy atom. The summed E-state index contributed by atoms with van der Waals surface area (Å²) in [6, 6.07) is 0. The third kappa shape index (κ3) is 2.41. The van der Waals surface area contributed by atoms with E-state index < -0.39 is 17.9 Å². The van der Waals surface area contributed by atoms with Crippen LogP contribution in [-0.2, 0) is 23.7 Å². The molecular weight excluding hydrogens is 252 g/mol. The van der Waals surface area contributed by atoms with Gasteiger partial charge in [-0.2, -0.15) is 0 Å². The first kappa shape index (κ1) is 13.7. The second-order valence-electron chi connectivity index (χ2n) is 6.22. The molecule has 110 valence electrons. The van der Waals surface area contributed by atoms with Gasteiger partial charge in [-0.3, -0.25) is 0 Å². The van der Waals surface area contributed by atoms with Crippen LogP contribution in [0.4, 0.5) is 0 Å². The van der Waals surface area contributed by atoms with Gasteiger partial charge in [0.05, 0.1) is 6.10 Å². The van der Waals surface area contributed by atoms with Gasteiger partial charge in [-0.1, -0.05) is 0 Å². The molecule has 0 aromatic rings. The van der Waals surface area contributed by atoms with Crippen LogP contribution in [0.1, 0.15) is 34.1 Å². The highest BCUT2D eigenvalue weighted by Gasteiger charge is 2.60. The zero-order chi connectivity index (χ0) is 13.8. The van der Waals surface area contributed by atoms with E-state index in [1.807, 2.05) is 27.7 Å². The van der Waals surface area contributed by atoms with E-state index in [1.165, 1.54) is 0 Å². The molecular formula is C13H22O6. The average Bonchev–Trinajstić information content (AvgIpc) is 2.74. The molecule has 3 rings (SSSR count). The van der Waals surface area contributed by atoms with Gasteiger partial charge >= 0.3 is 0 Å². The fourth-order valence-electron chi connectivity index (χ4n) is 3.05. The van der Waals surface area contributed by atoms with E-state index in [1.54, 1.807) is 0 Å². The van der Waals surface area contributed by atoms with Crippen molar-refractivity contribution in [3.63, 3.8) is 0 Å². The molecule has 3 saturated heterocycles. The van der Waals surface area contributed by atoms with E-state index >= 15 is 0 Å². The minimum Gasteiger partial charge on any atom is -0.396 e. The van der Waals surface area contributed by atoms with Gasteiger partial charge in [0.1, 0.15) is 18.3 Å². The van der Waals surface area contributed by atoms with Crippen LogP contribution in [0.25, 0.3) is 0 Å². The summed E-state index contributed by atoms with van der Waals surface area (Å²) in [6.45, 7) is 7.49. The quantitative estimate of drug-likeness (QED) is 0.802. The Kier molecular flexibility index (Phi) is 3.16. The zero-order valence-electron chi connectivity index (χ0n) is 11.8. The van der Waals surface area contributed by atoms with Crippen molar-refractivity contribution in [2.75, 3.05) is 6.61 Å². The van der Waals surface area contributed by atoms with Gasteiger partial charge in [-0.05, 0) is 34.1 Å². The van der Waals surface area contributed by atoms with Gasteiger partial charge in [-0.15, -0.1) is 0 Å². The van der Waals surface area contributed by atoms with Gasteiger partial charge in [-0.25, -0.2) is 0 Å². The number of ether oxygens (including phenoxy) is 5. The average molecular weight is 274 g/mol. The lowest BCUT2D eigenvalue weighted by atomic mass is 9.97. The Hall–Kier alpha value is -0.240. The highest BCUT2D eigenvalue weighted by molar-refractivity contribution is 4.99. The third-order valence-corrected chi connectivity index (χ3v) is 3.66. The Balaban J connectivity index is 1.84. The molecule has 6 heteroatoms. The summed E-state index contributed by atoms with van der Waals surface area (Å²) in [7, 11) is 0. The van der Waals surface area contributed by atoms with Crippen molar-refractivity contribution in [1.82, 2.24) is 0 Å².